The van der Waals surface area contributed by atoms with Crippen molar-refractivity contribution in [2.24, 2.45) is 0 Å². The van der Waals surface area contributed by atoms with Gasteiger partial charge in [0, 0.05) is 16.9 Å². The molecule has 80 valence electrons. The average molecular weight is 287 g/mol. The van der Waals surface area contributed by atoms with Crippen LogP contribution in [0.25, 0.3) is 0 Å². The van der Waals surface area contributed by atoms with Gasteiger partial charge in [0.15, 0.2) is 0 Å². The molecule has 0 aromatic heterocycles. The molecular formula is C12H13BrClN. The average Bonchev–Trinajstić information content (AvgIpc) is 2.24. The van der Waals surface area contributed by atoms with Gasteiger partial charge < -0.3 is 5.32 Å². The Bertz CT molecular complexity index is 370. The molecule has 0 amide bonds. The molecule has 3 heteroatoms. The molecular weight excluding hydrogens is 273 g/mol. The highest BCUT2D eigenvalue weighted by Gasteiger charge is 2.09. The number of terminal acetylenes is 1. The Morgan fingerprint density at radius 3 is 2.87 bits per heavy atom. The second-order valence-corrected chi connectivity index (χ2v) is 4.52. The van der Waals surface area contributed by atoms with E-state index in [2.05, 4.69) is 27.2 Å². The third kappa shape index (κ3) is 3.53. The molecule has 0 heterocycles. The van der Waals surface area contributed by atoms with E-state index in [1.807, 2.05) is 25.2 Å². The third-order valence-corrected chi connectivity index (χ3v) is 3.49. The molecule has 0 radical (unpaired) electrons. The van der Waals surface area contributed by atoms with Crippen LogP contribution in [0.4, 0.5) is 0 Å². The van der Waals surface area contributed by atoms with E-state index < -0.39 is 0 Å². The highest BCUT2D eigenvalue weighted by molar-refractivity contribution is 9.10. The van der Waals surface area contributed by atoms with Crippen molar-refractivity contribution in [2.45, 2.75) is 18.9 Å². The van der Waals surface area contributed by atoms with Gasteiger partial charge in [0.25, 0.3) is 0 Å². The molecule has 1 rings (SSSR count). The Morgan fingerprint density at radius 1 is 1.60 bits per heavy atom. The Morgan fingerprint density at radius 2 is 2.33 bits per heavy atom. The maximum atomic E-state index is 5.93. The zero-order chi connectivity index (χ0) is 11.3. The van der Waals surface area contributed by atoms with Crippen LogP contribution in [0.1, 0.15) is 24.4 Å². The molecule has 15 heavy (non-hydrogen) atoms. The molecule has 1 unspecified atom stereocenters. The van der Waals surface area contributed by atoms with Crippen molar-refractivity contribution in [3.05, 3.63) is 33.3 Å². The minimum absolute atomic E-state index is 0.287. The largest absolute Gasteiger partial charge is 0.313 e. The lowest BCUT2D eigenvalue weighted by molar-refractivity contribution is 0.558. The quantitative estimate of drug-likeness (QED) is 0.831. The van der Waals surface area contributed by atoms with E-state index in [-0.39, 0.29) is 6.04 Å². The van der Waals surface area contributed by atoms with Gasteiger partial charge in [-0.3, -0.25) is 0 Å². The van der Waals surface area contributed by atoms with Gasteiger partial charge in [-0.25, -0.2) is 0 Å². The van der Waals surface area contributed by atoms with E-state index in [4.69, 9.17) is 18.0 Å². The monoisotopic (exact) mass is 285 g/mol. The Kier molecular flexibility index (Phi) is 5.17. The van der Waals surface area contributed by atoms with Crippen molar-refractivity contribution < 1.29 is 0 Å². The van der Waals surface area contributed by atoms with E-state index >= 15 is 0 Å². The molecule has 1 N–H and O–H groups in total. The first-order valence-corrected chi connectivity index (χ1v) is 5.91. The lowest BCUT2D eigenvalue weighted by Gasteiger charge is -2.15. The van der Waals surface area contributed by atoms with E-state index in [0.29, 0.717) is 0 Å². The predicted molar refractivity (Wildman–Crippen MR) is 69.0 cm³/mol. The standard InChI is InChI=1S/C12H13BrClN/c1-3-4-5-12(15-2)9-6-7-11(14)10(13)8-9/h1,6-8,12,15H,4-5H2,2H3. The Labute approximate surface area is 104 Å². The van der Waals surface area contributed by atoms with Crippen molar-refractivity contribution in [2.75, 3.05) is 7.05 Å². The van der Waals surface area contributed by atoms with Crippen LogP contribution >= 0.6 is 27.5 Å². The second kappa shape index (κ2) is 6.17. The zero-order valence-corrected chi connectivity index (χ0v) is 10.9. The van der Waals surface area contributed by atoms with Gasteiger partial charge in [-0.15, -0.1) is 12.3 Å². The van der Waals surface area contributed by atoms with E-state index in [0.717, 1.165) is 22.3 Å². The predicted octanol–water partition coefficient (Wildman–Crippen LogP) is 3.78. The van der Waals surface area contributed by atoms with Crippen LogP contribution in [-0.4, -0.2) is 7.05 Å². The fourth-order valence-corrected chi connectivity index (χ4v) is 1.95. The SMILES string of the molecule is C#CCCC(NC)c1ccc(Cl)c(Br)c1. The zero-order valence-electron chi connectivity index (χ0n) is 8.56. The molecule has 0 bridgehead atoms. The molecule has 1 aromatic carbocycles. The summed E-state index contributed by atoms with van der Waals surface area (Å²) in [6.45, 7) is 0. The molecule has 0 saturated carbocycles. The number of hydrogen-bond acceptors (Lipinski definition) is 1. The Hall–Kier alpha value is -0.490. The molecule has 0 aliphatic carbocycles. The minimum atomic E-state index is 0.287. The summed E-state index contributed by atoms with van der Waals surface area (Å²) >= 11 is 9.34. The molecule has 0 aliphatic heterocycles. The number of rotatable bonds is 4. The van der Waals surface area contributed by atoms with Gasteiger partial charge in [-0.05, 0) is 47.1 Å². The maximum absolute atomic E-state index is 5.93. The van der Waals surface area contributed by atoms with Gasteiger partial charge >= 0.3 is 0 Å². The molecule has 0 saturated heterocycles. The number of nitrogens with one attached hydrogen (secondary N) is 1. The highest BCUT2D eigenvalue weighted by atomic mass is 79.9. The molecule has 1 atom stereocenters. The van der Waals surface area contributed by atoms with Crippen LogP contribution in [0.2, 0.25) is 5.02 Å². The van der Waals surface area contributed by atoms with Crippen molar-refractivity contribution in [3.63, 3.8) is 0 Å². The summed E-state index contributed by atoms with van der Waals surface area (Å²) in [5, 5.41) is 3.97. The molecule has 0 spiro atoms. The van der Waals surface area contributed by atoms with E-state index in [1.165, 1.54) is 5.56 Å². The number of halogens is 2. The summed E-state index contributed by atoms with van der Waals surface area (Å²) in [4.78, 5) is 0. The fourth-order valence-electron chi connectivity index (χ4n) is 1.43. The van der Waals surface area contributed by atoms with Crippen LogP contribution in [0.15, 0.2) is 22.7 Å². The lowest BCUT2D eigenvalue weighted by atomic mass is 10.0. The van der Waals surface area contributed by atoms with Gasteiger partial charge in [0.1, 0.15) is 0 Å². The Balaban J connectivity index is 2.83. The molecule has 0 aliphatic rings. The van der Waals surface area contributed by atoms with Gasteiger partial charge in [-0.1, -0.05) is 17.7 Å². The van der Waals surface area contributed by atoms with Crippen LogP contribution in [0.3, 0.4) is 0 Å². The molecule has 1 aromatic rings. The number of benzene rings is 1. The smallest absolute Gasteiger partial charge is 0.0548 e. The van der Waals surface area contributed by atoms with Crippen molar-refractivity contribution >= 4 is 27.5 Å². The van der Waals surface area contributed by atoms with Crippen molar-refractivity contribution in [1.82, 2.24) is 5.32 Å². The first kappa shape index (κ1) is 12.6. The summed E-state index contributed by atoms with van der Waals surface area (Å²) in [5.41, 5.74) is 1.20. The summed E-state index contributed by atoms with van der Waals surface area (Å²) in [6.07, 6.45) is 6.96. The highest BCUT2D eigenvalue weighted by Crippen LogP contribution is 2.27. The van der Waals surface area contributed by atoms with Crippen molar-refractivity contribution in [1.29, 1.82) is 0 Å². The minimum Gasteiger partial charge on any atom is -0.313 e. The van der Waals surface area contributed by atoms with Crippen LogP contribution in [0.5, 0.6) is 0 Å². The summed E-state index contributed by atoms with van der Waals surface area (Å²) in [7, 11) is 1.93. The summed E-state index contributed by atoms with van der Waals surface area (Å²) < 4.78 is 0.919. The summed E-state index contributed by atoms with van der Waals surface area (Å²) in [6, 6.07) is 6.22. The second-order valence-electron chi connectivity index (χ2n) is 3.26. The lowest BCUT2D eigenvalue weighted by Crippen LogP contribution is -2.16. The third-order valence-electron chi connectivity index (χ3n) is 2.27. The topological polar surface area (TPSA) is 12.0 Å². The first-order valence-electron chi connectivity index (χ1n) is 4.74. The first-order chi connectivity index (χ1) is 7.19. The van der Waals surface area contributed by atoms with Crippen LogP contribution in [0, 0.1) is 12.3 Å². The van der Waals surface area contributed by atoms with Gasteiger partial charge in [0.2, 0.25) is 0 Å². The molecule has 1 nitrogen and oxygen atoms in total. The number of hydrogen-bond donors (Lipinski definition) is 1. The van der Waals surface area contributed by atoms with Gasteiger partial charge in [-0.2, -0.15) is 0 Å². The fraction of sp³-hybridized carbons (Fsp3) is 0.333. The van der Waals surface area contributed by atoms with Crippen LogP contribution in [-0.2, 0) is 0 Å². The van der Waals surface area contributed by atoms with Crippen molar-refractivity contribution in [3.8, 4) is 12.3 Å². The van der Waals surface area contributed by atoms with Gasteiger partial charge in [0.05, 0.1) is 5.02 Å². The molecule has 0 fully saturated rings. The summed E-state index contributed by atoms with van der Waals surface area (Å²) in [5.74, 6) is 2.65. The normalized spacial score (nSPS) is 12.1. The van der Waals surface area contributed by atoms with E-state index in [1.54, 1.807) is 0 Å². The van der Waals surface area contributed by atoms with E-state index in [9.17, 15) is 0 Å². The maximum Gasteiger partial charge on any atom is 0.0548 e. The van der Waals surface area contributed by atoms with Crippen LogP contribution < -0.4 is 5.32 Å².